The van der Waals surface area contributed by atoms with E-state index in [0.717, 1.165) is 11.1 Å². The van der Waals surface area contributed by atoms with Gasteiger partial charge in [0.05, 0.1) is 17.1 Å². The monoisotopic (exact) mass is 391 g/mol. The number of halogens is 1. The lowest BCUT2D eigenvalue weighted by Crippen LogP contribution is -2.21. The maximum atomic E-state index is 12.0. The SMILES string of the molecule is COc1ccc(C(=O)OCC(=O)Nc2cccc(C)c2C)cc1Br. The number of benzene rings is 2. The van der Waals surface area contributed by atoms with Crippen LogP contribution in [0.2, 0.25) is 0 Å². The lowest BCUT2D eigenvalue weighted by molar-refractivity contribution is -0.119. The fourth-order valence-corrected chi connectivity index (χ4v) is 2.62. The van der Waals surface area contributed by atoms with E-state index in [9.17, 15) is 9.59 Å². The summed E-state index contributed by atoms with van der Waals surface area (Å²) in [4.78, 5) is 24.0. The Kier molecular flexibility index (Phi) is 5.98. The Morgan fingerprint density at radius 2 is 1.92 bits per heavy atom. The number of rotatable bonds is 5. The van der Waals surface area contributed by atoms with Gasteiger partial charge < -0.3 is 14.8 Å². The van der Waals surface area contributed by atoms with Gasteiger partial charge in [0.15, 0.2) is 6.61 Å². The van der Waals surface area contributed by atoms with Gasteiger partial charge in [-0.25, -0.2) is 4.79 Å². The summed E-state index contributed by atoms with van der Waals surface area (Å²) >= 11 is 3.30. The van der Waals surface area contributed by atoms with Crippen molar-refractivity contribution in [2.75, 3.05) is 19.0 Å². The van der Waals surface area contributed by atoms with E-state index in [1.54, 1.807) is 18.2 Å². The lowest BCUT2D eigenvalue weighted by atomic mass is 10.1. The van der Waals surface area contributed by atoms with Crippen molar-refractivity contribution in [1.29, 1.82) is 0 Å². The molecule has 0 atom stereocenters. The van der Waals surface area contributed by atoms with Gasteiger partial charge in [-0.05, 0) is 65.2 Å². The van der Waals surface area contributed by atoms with Gasteiger partial charge in [0.25, 0.3) is 5.91 Å². The van der Waals surface area contributed by atoms with Crippen LogP contribution >= 0.6 is 15.9 Å². The van der Waals surface area contributed by atoms with Crippen molar-refractivity contribution in [3.05, 3.63) is 57.6 Å². The number of anilines is 1. The molecule has 0 spiro atoms. The van der Waals surface area contributed by atoms with E-state index in [1.807, 2.05) is 32.0 Å². The number of carbonyl (C=O) groups is 2. The number of carbonyl (C=O) groups excluding carboxylic acids is 2. The highest BCUT2D eigenvalue weighted by Gasteiger charge is 2.13. The van der Waals surface area contributed by atoms with Gasteiger partial charge in [-0.15, -0.1) is 0 Å². The van der Waals surface area contributed by atoms with Gasteiger partial charge in [0, 0.05) is 5.69 Å². The van der Waals surface area contributed by atoms with Crippen molar-refractivity contribution in [3.63, 3.8) is 0 Å². The summed E-state index contributed by atoms with van der Waals surface area (Å²) in [5.74, 6) is -0.349. The number of aryl methyl sites for hydroxylation is 1. The fourth-order valence-electron chi connectivity index (χ4n) is 2.08. The van der Waals surface area contributed by atoms with Crippen LogP contribution < -0.4 is 10.1 Å². The van der Waals surface area contributed by atoms with Crippen LogP contribution in [-0.4, -0.2) is 25.6 Å². The van der Waals surface area contributed by atoms with E-state index in [-0.39, 0.29) is 12.5 Å². The minimum atomic E-state index is -0.575. The predicted octanol–water partition coefficient (Wildman–Crippen LogP) is 3.87. The van der Waals surface area contributed by atoms with E-state index < -0.39 is 5.97 Å². The minimum absolute atomic E-state index is 0.335. The quantitative estimate of drug-likeness (QED) is 0.785. The van der Waals surface area contributed by atoms with Gasteiger partial charge in [0.1, 0.15) is 5.75 Å². The lowest BCUT2D eigenvalue weighted by Gasteiger charge is -2.11. The Bertz CT molecular complexity index is 774. The summed E-state index contributed by atoms with van der Waals surface area (Å²) < 4.78 is 10.8. The molecule has 2 rings (SSSR count). The molecule has 0 aliphatic rings. The fraction of sp³-hybridized carbons (Fsp3) is 0.222. The second-order valence-electron chi connectivity index (χ2n) is 5.22. The molecule has 0 fully saturated rings. The number of ether oxygens (including phenoxy) is 2. The highest BCUT2D eigenvalue weighted by molar-refractivity contribution is 9.10. The average Bonchev–Trinajstić information content (AvgIpc) is 2.56. The zero-order valence-corrected chi connectivity index (χ0v) is 15.3. The van der Waals surface area contributed by atoms with Crippen molar-refractivity contribution in [1.82, 2.24) is 0 Å². The van der Waals surface area contributed by atoms with Gasteiger partial charge in [-0.2, -0.15) is 0 Å². The Balaban J connectivity index is 1.95. The molecule has 2 aromatic rings. The molecule has 5 nitrogen and oxygen atoms in total. The Morgan fingerprint density at radius 1 is 1.17 bits per heavy atom. The molecule has 2 aromatic carbocycles. The third-order valence-electron chi connectivity index (χ3n) is 3.60. The van der Waals surface area contributed by atoms with Crippen LogP contribution in [0.15, 0.2) is 40.9 Å². The van der Waals surface area contributed by atoms with Crippen LogP contribution in [0.1, 0.15) is 21.5 Å². The molecule has 0 saturated carbocycles. The van der Waals surface area contributed by atoms with Gasteiger partial charge in [-0.1, -0.05) is 12.1 Å². The molecular weight excluding hydrogens is 374 g/mol. The second kappa shape index (κ2) is 7.97. The van der Waals surface area contributed by atoms with E-state index in [4.69, 9.17) is 9.47 Å². The standard InChI is InChI=1S/C18H18BrNO4/c1-11-5-4-6-15(12(11)2)20-17(21)10-24-18(22)13-7-8-16(23-3)14(19)9-13/h4-9H,10H2,1-3H3,(H,20,21). The van der Waals surface area contributed by atoms with E-state index >= 15 is 0 Å². The average molecular weight is 392 g/mol. The first kappa shape index (κ1) is 18.0. The molecule has 0 heterocycles. The zero-order chi connectivity index (χ0) is 17.7. The first-order valence-corrected chi connectivity index (χ1v) is 8.08. The van der Waals surface area contributed by atoms with Crippen LogP contribution in [0.4, 0.5) is 5.69 Å². The maximum absolute atomic E-state index is 12.0. The van der Waals surface area contributed by atoms with Crippen molar-refractivity contribution >= 4 is 33.5 Å². The van der Waals surface area contributed by atoms with Crippen molar-refractivity contribution in [2.24, 2.45) is 0 Å². The predicted molar refractivity (Wildman–Crippen MR) is 95.5 cm³/mol. The third-order valence-corrected chi connectivity index (χ3v) is 4.22. The van der Waals surface area contributed by atoms with Crippen LogP contribution in [-0.2, 0) is 9.53 Å². The Labute approximate surface area is 149 Å². The summed E-state index contributed by atoms with van der Waals surface area (Å²) in [6.07, 6.45) is 0. The third kappa shape index (κ3) is 4.35. The maximum Gasteiger partial charge on any atom is 0.338 e. The van der Waals surface area contributed by atoms with Crippen molar-refractivity contribution < 1.29 is 19.1 Å². The van der Waals surface area contributed by atoms with Crippen LogP contribution in [0.3, 0.4) is 0 Å². The first-order chi connectivity index (χ1) is 11.4. The molecule has 6 heteroatoms. The summed E-state index contributed by atoms with van der Waals surface area (Å²) in [6, 6.07) is 10.4. The van der Waals surface area contributed by atoms with Crippen LogP contribution in [0, 0.1) is 13.8 Å². The van der Waals surface area contributed by atoms with Crippen LogP contribution in [0.5, 0.6) is 5.75 Å². The molecule has 0 aromatic heterocycles. The van der Waals surface area contributed by atoms with Crippen molar-refractivity contribution in [2.45, 2.75) is 13.8 Å². The Morgan fingerprint density at radius 3 is 2.58 bits per heavy atom. The summed E-state index contributed by atoms with van der Waals surface area (Å²) in [6.45, 7) is 3.54. The van der Waals surface area contributed by atoms with Gasteiger partial charge in [0.2, 0.25) is 0 Å². The molecule has 0 bridgehead atoms. The van der Waals surface area contributed by atoms with E-state index in [2.05, 4.69) is 21.2 Å². The molecule has 0 saturated heterocycles. The minimum Gasteiger partial charge on any atom is -0.496 e. The molecule has 0 aliphatic carbocycles. The van der Waals surface area contributed by atoms with Gasteiger partial charge in [-0.3, -0.25) is 4.79 Å². The molecule has 0 unspecified atom stereocenters. The van der Waals surface area contributed by atoms with Crippen molar-refractivity contribution in [3.8, 4) is 5.75 Å². The topological polar surface area (TPSA) is 64.6 Å². The molecule has 24 heavy (non-hydrogen) atoms. The van der Waals surface area contributed by atoms with Gasteiger partial charge >= 0.3 is 5.97 Å². The number of hydrogen-bond acceptors (Lipinski definition) is 4. The summed E-state index contributed by atoms with van der Waals surface area (Å²) in [7, 11) is 1.54. The largest absolute Gasteiger partial charge is 0.496 e. The normalized spacial score (nSPS) is 10.2. The Hall–Kier alpha value is -2.34. The molecule has 0 aliphatic heterocycles. The van der Waals surface area contributed by atoms with Crippen LogP contribution in [0.25, 0.3) is 0 Å². The van der Waals surface area contributed by atoms with E-state index in [0.29, 0.717) is 21.5 Å². The second-order valence-corrected chi connectivity index (χ2v) is 6.08. The molecule has 1 N–H and O–H groups in total. The first-order valence-electron chi connectivity index (χ1n) is 7.29. The zero-order valence-electron chi connectivity index (χ0n) is 13.7. The molecule has 0 radical (unpaired) electrons. The number of esters is 1. The number of amides is 1. The molecule has 126 valence electrons. The number of nitrogens with one attached hydrogen (secondary N) is 1. The highest BCUT2D eigenvalue weighted by Crippen LogP contribution is 2.25. The smallest absolute Gasteiger partial charge is 0.338 e. The molecular formula is C18H18BrNO4. The summed E-state index contributed by atoms with van der Waals surface area (Å²) in [5, 5.41) is 2.74. The van der Waals surface area contributed by atoms with E-state index in [1.165, 1.54) is 7.11 Å². The summed E-state index contributed by atoms with van der Waals surface area (Å²) in [5.41, 5.74) is 3.11. The highest BCUT2D eigenvalue weighted by atomic mass is 79.9. The number of methoxy groups -OCH3 is 1. The number of hydrogen-bond donors (Lipinski definition) is 1. The molecule has 1 amide bonds.